The molecule has 1 aromatic heterocycles. The van der Waals surface area contributed by atoms with Crippen LogP contribution in [0.2, 0.25) is 0 Å². The van der Waals surface area contributed by atoms with Gasteiger partial charge in [0.15, 0.2) is 0 Å². The molecular weight excluding hydrogens is 407 g/mol. The summed E-state index contributed by atoms with van der Waals surface area (Å²) in [4.78, 5) is 12.4. The first-order valence-electron chi connectivity index (χ1n) is 9.76. The van der Waals surface area contributed by atoms with Crippen LogP contribution in [0.15, 0.2) is 54.6 Å². The molecule has 0 aliphatic heterocycles. The van der Waals surface area contributed by atoms with Crippen LogP contribution in [-0.2, 0) is 23.9 Å². The third-order valence-electron chi connectivity index (χ3n) is 5.50. The second-order valence-corrected chi connectivity index (χ2v) is 7.29. The molecule has 160 valence electrons. The van der Waals surface area contributed by atoms with E-state index in [1.807, 2.05) is 13.0 Å². The number of rotatable bonds is 4. The first kappa shape index (κ1) is 20.8. The summed E-state index contributed by atoms with van der Waals surface area (Å²) in [6.07, 6.45) is -3.86. The van der Waals surface area contributed by atoms with Crippen LogP contribution in [0.3, 0.4) is 0 Å². The Hall–Kier alpha value is -3.48. The molecule has 0 aliphatic carbocycles. The van der Waals surface area contributed by atoms with Gasteiger partial charge in [0.1, 0.15) is 5.75 Å². The highest BCUT2D eigenvalue weighted by Gasteiger charge is 2.33. The minimum atomic E-state index is -4.50. The first-order chi connectivity index (χ1) is 14.8. The molecule has 4 nitrogen and oxygen atoms in total. The predicted molar refractivity (Wildman–Crippen MR) is 112 cm³/mol. The Morgan fingerprint density at radius 2 is 1.77 bits per heavy atom. The zero-order valence-corrected chi connectivity index (χ0v) is 17.0. The maximum Gasteiger partial charge on any atom is 0.416 e. The molecule has 0 atom stereocenters. The van der Waals surface area contributed by atoms with Crippen LogP contribution in [0.1, 0.15) is 34.0 Å². The second-order valence-electron chi connectivity index (χ2n) is 7.29. The first-order valence-corrected chi connectivity index (χ1v) is 9.76. The molecule has 7 heteroatoms. The van der Waals surface area contributed by atoms with Gasteiger partial charge in [0.2, 0.25) is 0 Å². The molecule has 0 bridgehead atoms. The van der Waals surface area contributed by atoms with E-state index >= 15 is 0 Å². The third kappa shape index (κ3) is 3.50. The number of carbonyl (C=O) groups excluding carboxylic acids is 1. The fourth-order valence-corrected chi connectivity index (χ4v) is 4.05. The van der Waals surface area contributed by atoms with E-state index in [4.69, 9.17) is 4.74 Å². The summed E-state index contributed by atoms with van der Waals surface area (Å²) in [6.45, 7) is 1.85. The molecule has 0 amide bonds. The van der Waals surface area contributed by atoms with E-state index in [1.165, 1.54) is 19.2 Å². The van der Waals surface area contributed by atoms with Crippen molar-refractivity contribution in [1.82, 2.24) is 4.57 Å². The number of aryl methyl sites for hydroxylation is 1. The highest BCUT2D eigenvalue weighted by atomic mass is 19.4. The number of phenolic OH excluding ortho intramolecular Hbond substituents is 1. The number of carbonyl (C=O) groups is 1. The number of phenols is 1. The maximum absolute atomic E-state index is 13.6. The fourth-order valence-electron chi connectivity index (χ4n) is 4.05. The molecule has 0 radical (unpaired) electrons. The zero-order chi connectivity index (χ0) is 22.3. The van der Waals surface area contributed by atoms with Crippen molar-refractivity contribution >= 4 is 27.8 Å². The standard InChI is InChI=1S/C24H20F3NO3/c1-3-14-11-19-22(20(29)12-14)21-16(23(30)31-2)8-6-10-18(21)28(19)13-15-7-4-5-9-17(15)24(25,26)27/h4-12,29H,3,13H2,1-2H3. The number of hydrogen-bond donors (Lipinski definition) is 1. The van der Waals surface area contributed by atoms with Crippen LogP contribution in [0.5, 0.6) is 5.75 Å². The van der Waals surface area contributed by atoms with E-state index in [0.717, 1.165) is 11.6 Å². The van der Waals surface area contributed by atoms with Gasteiger partial charge >= 0.3 is 12.1 Å². The number of esters is 1. The Morgan fingerprint density at radius 3 is 2.45 bits per heavy atom. The molecule has 3 aromatic carbocycles. The minimum Gasteiger partial charge on any atom is -0.507 e. The van der Waals surface area contributed by atoms with Gasteiger partial charge in [0, 0.05) is 11.9 Å². The van der Waals surface area contributed by atoms with Crippen molar-refractivity contribution in [3.8, 4) is 5.75 Å². The van der Waals surface area contributed by atoms with E-state index in [1.54, 1.807) is 34.9 Å². The Morgan fingerprint density at radius 1 is 1.03 bits per heavy atom. The fraction of sp³-hybridized carbons (Fsp3) is 0.208. The van der Waals surface area contributed by atoms with E-state index in [0.29, 0.717) is 28.2 Å². The number of methoxy groups -OCH3 is 1. The van der Waals surface area contributed by atoms with Crippen molar-refractivity contribution in [2.24, 2.45) is 0 Å². The van der Waals surface area contributed by atoms with E-state index in [-0.39, 0.29) is 23.4 Å². The number of hydrogen-bond acceptors (Lipinski definition) is 3. The number of benzene rings is 3. The van der Waals surface area contributed by atoms with Crippen molar-refractivity contribution < 1.29 is 27.8 Å². The molecule has 4 rings (SSSR count). The molecule has 0 aliphatic rings. The highest BCUT2D eigenvalue weighted by molar-refractivity contribution is 6.19. The van der Waals surface area contributed by atoms with Gasteiger partial charge in [-0.2, -0.15) is 13.2 Å². The maximum atomic E-state index is 13.6. The molecule has 31 heavy (non-hydrogen) atoms. The van der Waals surface area contributed by atoms with Gasteiger partial charge in [-0.3, -0.25) is 0 Å². The largest absolute Gasteiger partial charge is 0.507 e. The zero-order valence-electron chi connectivity index (χ0n) is 17.0. The summed E-state index contributed by atoms with van der Waals surface area (Å²) in [6, 6.07) is 13.8. The average molecular weight is 427 g/mol. The Kier molecular flexibility index (Phi) is 5.13. The van der Waals surface area contributed by atoms with E-state index in [2.05, 4.69) is 0 Å². The molecule has 1 N–H and O–H groups in total. The van der Waals surface area contributed by atoms with Gasteiger partial charge in [0.25, 0.3) is 0 Å². The topological polar surface area (TPSA) is 51.5 Å². The molecular formula is C24H20F3NO3. The lowest BCUT2D eigenvalue weighted by molar-refractivity contribution is -0.138. The summed E-state index contributed by atoms with van der Waals surface area (Å²) < 4.78 is 47.4. The summed E-state index contributed by atoms with van der Waals surface area (Å²) >= 11 is 0. The van der Waals surface area contributed by atoms with Gasteiger partial charge in [-0.15, -0.1) is 0 Å². The monoisotopic (exact) mass is 427 g/mol. The number of aromatic hydroxyl groups is 1. The minimum absolute atomic E-state index is 0.0291. The SMILES string of the molecule is CCc1cc(O)c2c3c(C(=O)OC)cccc3n(Cc3ccccc3C(F)(F)F)c2c1. The molecule has 1 heterocycles. The number of ether oxygens (including phenoxy) is 1. The molecule has 0 spiro atoms. The average Bonchev–Trinajstić information content (AvgIpc) is 3.06. The number of nitrogens with zero attached hydrogens (tertiary/aromatic N) is 1. The van der Waals surface area contributed by atoms with Crippen LogP contribution in [0, 0.1) is 0 Å². The van der Waals surface area contributed by atoms with Crippen molar-refractivity contribution in [2.45, 2.75) is 26.1 Å². The summed E-state index contributed by atoms with van der Waals surface area (Å²) in [5, 5.41) is 11.6. The number of aromatic nitrogens is 1. The summed E-state index contributed by atoms with van der Waals surface area (Å²) in [7, 11) is 1.26. The van der Waals surface area contributed by atoms with Crippen molar-refractivity contribution in [3.63, 3.8) is 0 Å². The van der Waals surface area contributed by atoms with Crippen LogP contribution in [-0.4, -0.2) is 22.8 Å². The number of halogens is 3. The second kappa shape index (κ2) is 7.65. The third-order valence-corrected chi connectivity index (χ3v) is 5.50. The van der Waals surface area contributed by atoms with Crippen molar-refractivity contribution in [2.75, 3.05) is 7.11 Å². The van der Waals surface area contributed by atoms with Crippen LogP contribution >= 0.6 is 0 Å². The molecule has 4 aromatic rings. The van der Waals surface area contributed by atoms with Gasteiger partial charge in [-0.05, 0) is 47.9 Å². The van der Waals surface area contributed by atoms with Crippen LogP contribution in [0.4, 0.5) is 13.2 Å². The normalized spacial score (nSPS) is 11.9. The van der Waals surface area contributed by atoms with Gasteiger partial charge in [-0.25, -0.2) is 4.79 Å². The summed E-state index contributed by atoms with van der Waals surface area (Å²) in [5.74, 6) is -0.613. The van der Waals surface area contributed by atoms with Crippen molar-refractivity contribution in [3.05, 3.63) is 76.9 Å². The van der Waals surface area contributed by atoms with Crippen molar-refractivity contribution in [1.29, 1.82) is 0 Å². The molecule has 0 unspecified atom stereocenters. The molecule has 0 saturated carbocycles. The molecule has 0 fully saturated rings. The highest BCUT2D eigenvalue weighted by Crippen LogP contribution is 2.40. The van der Waals surface area contributed by atoms with Gasteiger partial charge < -0.3 is 14.4 Å². The Bertz CT molecular complexity index is 1310. The Labute approximate surface area is 176 Å². The lowest BCUT2D eigenvalue weighted by Gasteiger charge is -2.15. The lowest BCUT2D eigenvalue weighted by atomic mass is 10.0. The van der Waals surface area contributed by atoms with E-state index < -0.39 is 17.7 Å². The van der Waals surface area contributed by atoms with Crippen LogP contribution < -0.4 is 0 Å². The van der Waals surface area contributed by atoms with Crippen LogP contribution in [0.25, 0.3) is 21.8 Å². The predicted octanol–water partition coefficient (Wildman–Crippen LogP) is 5.92. The summed E-state index contributed by atoms with van der Waals surface area (Å²) in [5.41, 5.74) is 1.55. The Balaban J connectivity index is 2.08. The molecule has 0 saturated heterocycles. The van der Waals surface area contributed by atoms with Gasteiger partial charge in [0.05, 0.1) is 34.7 Å². The number of fused-ring (bicyclic) bond motifs is 3. The quantitative estimate of drug-likeness (QED) is 0.412. The van der Waals surface area contributed by atoms with E-state index in [9.17, 15) is 23.1 Å². The van der Waals surface area contributed by atoms with Gasteiger partial charge in [-0.1, -0.05) is 31.2 Å². The smallest absolute Gasteiger partial charge is 0.416 e. The number of alkyl halides is 3. The lowest BCUT2D eigenvalue weighted by Crippen LogP contribution is -2.11.